The highest BCUT2D eigenvalue weighted by Gasteiger charge is 2.35. The lowest BCUT2D eigenvalue weighted by molar-refractivity contribution is -0.129. The van der Waals surface area contributed by atoms with Gasteiger partial charge in [-0.25, -0.2) is 0 Å². The van der Waals surface area contributed by atoms with Crippen molar-refractivity contribution in [2.24, 2.45) is 5.92 Å². The van der Waals surface area contributed by atoms with Crippen molar-refractivity contribution in [3.63, 3.8) is 0 Å². The standard InChI is InChI=1S/C20H28N2O3/c1-14-6-5-9-18(15(14)2)25-13-19(23)21-11-16-10-20(24)22(12-16)17-7-3-4-8-17/h5-6,9,16-17H,3-4,7-8,10-13H2,1-2H3,(H,21,23)/t16-/m1/s1. The zero-order chi connectivity index (χ0) is 17.8. The van der Waals surface area contributed by atoms with E-state index < -0.39 is 0 Å². The van der Waals surface area contributed by atoms with E-state index in [4.69, 9.17) is 4.74 Å². The Bertz CT molecular complexity index is 638. The molecule has 1 atom stereocenters. The molecule has 1 aliphatic heterocycles. The van der Waals surface area contributed by atoms with Gasteiger partial charge in [-0.3, -0.25) is 9.59 Å². The van der Waals surface area contributed by atoms with Crippen molar-refractivity contribution >= 4 is 11.8 Å². The minimum Gasteiger partial charge on any atom is -0.483 e. The first-order valence-electron chi connectivity index (χ1n) is 9.29. The van der Waals surface area contributed by atoms with Crippen LogP contribution in [0.3, 0.4) is 0 Å². The summed E-state index contributed by atoms with van der Waals surface area (Å²) in [5.74, 6) is 1.09. The molecule has 5 nitrogen and oxygen atoms in total. The zero-order valence-corrected chi connectivity index (χ0v) is 15.2. The van der Waals surface area contributed by atoms with Crippen LogP contribution in [0.1, 0.15) is 43.2 Å². The molecule has 1 aliphatic carbocycles. The van der Waals surface area contributed by atoms with Crippen molar-refractivity contribution in [1.29, 1.82) is 0 Å². The van der Waals surface area contributed by atoms with Gasteiger partial charge >= 0.3 is 0 Å². The Kier molecular flexibility index (Phi) is 5.61. The van der Waals surface area contributed by atoms with Crippen LogP contribution in [0.25, 0.3) is 0 Å². The molecule has 0 bridgehead atoms. The molecule has 25 heavy (non-hydrogen) atoms. The summed E-state index contributed by atoms with van der Waals surface area (Å²) >= 11 is 0. The summed E-state index contributed by atoms with van der Waals surface area (Å²) in [5, 5.41) is 2.92. The molecule has 3 rings (SSSR count). The Morgan fingerprint density at radius 2 is 2.04 bits per heavy atom. The van der Waals surface area contributed by atoms with Crippen LogP contribution in [-0.4, -0.2) is 42.5 Å². The summed E-state index contributed by atoms with van der Waals surface area (Å²) in [5.41, 5.74) is 2.21. The van der Waals surface area contributed by atoms with Crippen LogP contribution < -0.4 is 10.1 Å². The largest absolute Gasteiger partial charge is 0.483 e. The second-order valence-electron chi connectivity index (χ2n) is 7.35. The smallest absolute Gasteiger partial charge is 0.257 e. The van der Waals surface area contributed by atoms with E-state index in [0.717, 1.165) is 36.3 Å². The van der Waals surface area contributed by atoms with Crippen molar-refractivity contribution in [3.05, 3.63) is 29.3 Å². The Hall–Kier alpha value is -2.04. The van der Waals surface area contributed by atoms with Crippen LogP contribution in [0.15, 0.2) is 18.2 Å². The Balaban J connectivity index is 1.42. The lowest BCUT2D eigenvalue weighted by Gasteiger charge is -2.24. The molecule has 0 aromatic heterocycles. The van der Waals surface area contributed by atoms with Crippen LogP contribution in [-0.2, 0) is 9.59 Å². The number of rotatable bonds is 6. The molecule has 1 aromatic carbocycles. The van der Waals surface area contributed by atoms with E-state index >= 15 is 0 Å². The lowest BCUT2D eigenvalue weighted by atomic mass is 10.1. The van der Waals surface area contributed by atoms with Gasteiger partial charge in [0, 0.05) is 31.5 Å². The molecule has 2 aliphatic rings. The highest BCUT2D eigenvalue weighted by atomic mass is 16.5. The average molecular weight is 344 g/mol. The number of carbonyl (C=O) groups excluding carboxylic acids is 2. The average Bonchev–Trinajstić information content (AvgIpc) is 3.23. The molecular weight excluding hydrogens is 316 g/mol. The molecule has 1 saturated heterocycles. The van der Waals surface area contributed by atoms with Crippen molar-refractivity contribution < 1.29 is 14.3 Å². The summed E-state index contributed by atoms with van der Waals surface area (Å²) < 4.78 is 5.63. The molecule has 2 amide bonds. The Morgan fingerprint density at radius 1 is 1.28 bits per heavy atom. The topological polar surface area (TPSA) is 58.6 Å². The maximum atomic E-state index is 12.2. The van der Waals surface area contributed by atoms with Crippen molar-refractivity contribution in [1.82, 2.24) is 10.2 Å². The number of aryl methyl sites for hydroxylation is 1. The fourth-order valence-corrected chi connectivity index (χ4v) is 3.85. The highest BCUT2D eigenvalue weighted by Crippen LogP contribution is 2.29. The van der Waals surface area contributed by atoms with Gasteiger partial charge in [-0.15, -0.1) is 0 Å². The maximum absolute atomic E-state index is 12.2. The van der Waals surface area contributed by atoms with E-state index in [1.165, 1.54) is 12.8 Å². The quantitative estimate of drug-likeness (QED) is 0.863. The van der Waals surface area contributed by atoms with Gasteiger partial charge in [0.15, 0.2) is 6.61 Å². The van der Waals surface area contributed by atoms with Gasteiger partial charge in [-0.1, -0.05) is 25.0 Å². The van der Waals surface area contributed by atoms with Crippen molar-refractivity contribution in [3.8, 4) is 5.75 Å². The summed E-state index contributed by atoms with van der Waals surface area (Å²) in [7, 11) is 0. The molecule has 1 saturated carbocycles. The van der Waals surface area contributed by atoms with E-state index in [1.54, 1.807) is 0 Å². The molecular formula is C20H28N2O3. The third-order valence-corrected chi connectivity index (χ3v) is 5.51. The van der Waals surface area contributed by atoms with Crippen molar-refractivity contribution in [2.45, 2.75) is 52.0 Å². The third-order valence-electron chi connectivity index (χ3n) is 5.51. The second-order valence-corrected chi connectivity index (χ2v) is 7.35. The summed E-state index contributed by atoms with van der Waals surface area (Å²) in [6.45, 7) is 5.35. The van der Waals surface area contributed by atoms with Crippen LogP contribution in [0.2, 0.25) is 0 Å². The van der Waals surface area contributed by atoms with E-state index in [-0.39, 0.29) is 24.3 Å². The van der Waals surface area contributed by atoms with Gasteiger partial charge in [0.2, 0.25) is 5.91 Å². The molecule has 136 valence electrons. The molecule has 0 spiro atoms. The van der Waals surface area contributed by atoms with Crippen LogP contribution in [0.4, 0.5) is 0 Å². The molecule has 0 unspecified atom stereocenters. The number of amides is 2. The number of ether oxygens (including phenoxy) is 1. The fourth-order valence-electron chi connectivity index (χ4n) is 3.85. The molecule has 0 radical (unpaired) electrons. The van der Waals surface area contributed by atoms with Gasteiger partial charge in [-0.2, -0.15) is 0 Å². The fraction of sp³-hybridized carbons (Fsp3) is 0.600. The van der Waals surface area contributed by atoms with E-state index in [0.29, 0.717) is 19.0 Å². The molecule has 5 heteroatoms. The minimum atomic E-state index is -0.132. The van der Waals surface area contributed by atoms with Gasteiger partial charge in [0.1, 0.15) is 5.75 Å². The first-order valence-corrected chi connectivity index (χ1v) is 9.29. The van der Waals surface area contributed by atoms with Gasteiger partial charge in [0.25, 0.3) is 5.91 Å². The monoisotopic (exact) mass is 344 g/mol. The molecule has 1 heterocycles. The van der Waals surface area contributed by atoms with E-state index in [2.05, 4.69) is 5.32 Å². The number of hydrogen-bond acceptors (Lipinski definition) is 3. The van der Waals surface area contributed by atoms with Gasteiger partial charge in [-0.05, 0) is 43.9 Å². The van der Waals surface area contributed by atoms with Crippen LogP contribution >= 0.6 is 0 Å². The van der Waals surface area contributed by atoms with E-state index in [9.17, 15) is 9.59 Å². The number of benzene rings is 1. The van der Waals surface area contributed by atoms with Crippen LogP contribution in [0, 0.1) is 19.8 Å². The third kappa shape index (κ3) is 4.33. The molecule has 1 N–H and O–H groups in total. The number of hydrogen-bond donors (Lipinski definition) is 1. The predicted molar refractivity (Wildman–Crippen MR) is 96.5 cm³/mol. The minimum absolute atomic E-state index is 0.0112. The number of carbonyl (C=O) groups is 2. The Morgan fingerprint density at radius 3 is 2.80 bits per heavy atom. The summed E-state index contributed by atoms with van der Waals surface area (Å²) in [6.07, 6.45) is 5.27. The lowest BCUT2D eigenvalue weighted by Crippen LogP contribution is -2.36. The number of likely N-dealkylation sites (tertiary alicyclic amines) is 1. The first-order chi connectivity index (χ1) is 12.0. The highest BCUT2D eigenvalue weighted by molar-refractivity contribution is 5.80. The summed E-state index contributed by atoms with van der Waals surface area (Å²) in [4.78, 5) is 26.3. The second kappa shape index (κ2) is 7.89. The molecule has 1 aromatic rings. The molecule has 2 fully saturated rings. The maximum Gasteiger partial charge on any atom is 0.257 e. The SMILES string of the molecule is Cc1cccc(OCC(=O)NC[C@H]2CC(=O)N(C3CCCC3)C2)c1C. The zero-order valence-electron chi connectivity index (χ0n) is 15.2. The number of nitrogens with zero attached hydrogens (tertiary/aromatic N) is 1. The predicted octanol–water partition coefficient (Wildman–Crippen LogP) is 2.59. The normalized spacial score (nSPS) is 21.0. The van der Waals surface area contributed by atoms with Gasteiger partial charge < -0.3 is 15.0 Å². The van der Waals surface area contributed by atoms with Crippen LogP contribution in [0.5, 0.6) is 5.75 Å². The number of nitrogens with one attached hydrogen (secondary N) is 1. The Labute approximate surface area is 149 Å². The van der Waals surface area contributed by atoms with E-state index in [1.807, 2.05) is 36.9 Å². The van der Waals surface area contributed by atoms with Gasteiger partial charge in [0.05, 0.1) is 0 Å². The first kappa shape index (κ1) is 17.8. The summed E-state index contributed by atoms with van der Waals surface area (Å²) in [6, 6.07) is 6.26. The van der Waals surface area contributed by atoms with Crippen molar-refractivity contribution in [2.75, 3.05) is 19.7 Å².